The second-order valence-corrected chi connectivity index (χ2v) is 10.2. The Morgan fingerprint density at radius 2 is 1.61 bits per heavy atom. The van der Waals surface area contributed by atoms with E-state index in [1.54, 1.807) is 29.2 Å². The smallest absolute Gasteiger partial charge is 0.249 e. The number of ether oxygens (including phenoxy) is 2. The summed E-state index contributed by atoms with van der Waals surface area (Å²) in [6.07, 6.45) is 2.33. The number of likely N-dealkylation sites (tertiary alicyclic amines) is 1. The number of aromatic amines is 1. The molecule has 1 amide bonds. The van der Waals surface area contributed by atoms with Gasteiger partial charge in [-0.3, -0.25) is 19.4 Å². The fourth-order valence-electron chi connectivity index (χ4n) is 5.66. The Bertz CT molecular complexity index is 1320. The van der Waals surface area contributed by atoms with E-state index in [-0.39, 0.29) is 22.7 Å². The molecule has 0 atom stereocenters. The van der Waals surface area contributed by atoms with Crippen LogP contribution in [0, 0.1) is 11.2 Å². The van der Waals surface area contributed by atoms with Crippen molar-refractivity contribution in [2.45, 2.75) is 39.7 Å². The van der Waals surface area contributed by atoms with Crippen LogP contribution in [0.5, 0.6) is 11.5 Å². The first-order valence-corrected chi connectivity index (χ1v) is 13.3. The Hall–Kier alpha value is -3.65. The molecule has 0 aliphatic carbocycles. The minimum atomic E-state index is -0.284. The normalized spacial score (nSPS) is 17.2. The van der Waals surface area contributed by atoms with Gasteiger partial charge in [-0.2, -0.15) is 0 Å². The highest BCUT2D eigenvalue weighted by Gasteiger charge is 2.45. The van der Waals surface area contributed by atoms with Gasteiger partial charge in [0.1, 0.15) is 23.1 Å². The highest BCUT2D eigenvalue weighted by Crippen LogP contribution is 2.43. The van der Waals surface area contributed by atoms with Crippen molar-refractivity contribution in [1.29, 1.82) is 0 Å². The van der Waals surface area contributed by atoms with Crippen LogP contribution in [0.4, 0.5) is 10.2 Å². The number of hydrogen-bond acceptors (Lipinski definition) is 5. The van der Waals surface area contributed by atoms with Gasteiger partial charge in [0.2, 0.25) is 11.5 Å². The summed E-state index contributed by atoms with van der Waals surface area (Å²) >= 11 is 0. The molecule has 1 aromatic heterocycles. The number of hydrogen-bond donors (Lipinski definition) is 1. The largest absolute Gasteiger partial charge is 0.493 e. The van der Waals surface area contributed by atoms with Crippen LogP contribution in [0.15, 0.2) is 59.4 Å². The zero-order valence-electron chi connectivity index (χ0n) is 22.0. The minimum Gasteiger partial charge on any atom is -0.493 e. The molecule has 8 heteroatoms. The average molecular weight is 520 g/mol. The third kappa shape index (κ3) is 5.45. The van der Waals surface area contributed by atoms with Gasteiger partial charge < -0.3 is 14.5 Å². The highest BCUT2D eigenvalue weighted by molar-refractivity contribution is 5.95. The second kappa shape index (κ2) is 11.0. The number of pyridine rings is 1. The molecule has 2 saturated heterocycles. The maximum atomic E-state index is 13.6. The number of nitrogens with one attached hydrogen (secondary N) is 1. The van der Waals surface area contributed by atoms with E-state index in [2.05, 4.69) is 22.0 Å². The number of carbonyl (C=O) groups excluding carboxylic acids is 1. The molecule has 3 aromatic rings. The lowest BCUT2D eigenvalue weighted by Crippen LogP contribution is -2.41. The Labute approximate surface area is 222 Å². The number of nitrogens with zero attached hydrogens (tertiary/aromatic N) is 2. The first kappa shape index (κ1) is 26.0. The van der Waals surface area contributed by atoms with Crippen LogP contribution in [-0.4, -0.2) is 48.6 Å². The predicted molar refractivity (Wildman–Crippen MR) is 145 cm³/mol. The minimum absolute atomic E-state index is 0.0689. The van der Waals surface area contributed by atoms with Crippen LogP contribution in [0.3, 0.4) is 0 Å². The monoisotopic (exact) mass is 519 g/mol. The van der Waals surface area contributed by atoms with Crippen molar-refractivity contribution in [3.05, 3.63) is 76.3 Å². The lowest BCUT2D eigenvalue weighted by Gasteiger charge is -2.38. The molecule has 2 aliphatic rings. The van der Waals surface area contributed by atoms with Crippen LogP contribution in [0.1, 0.15) is 38.7 Å². The summed E-state index contributed by atoms with van der Waals surface area (Å²) in [5, 5.41) is 0. The van der Waals surface area contributed by atoms with Gasteiger partial charge in [0.05, 0.1) is 18.8 Å². The quantitative estimate of drug-likeness (QED) is 0.454. The van der Waals surface area contributed by atoms with Gasteiger partial charge in [0, 0.05) is 25.6 Å². The van der Waals surface area contributed by atoms with Crippen LogP contribution in [0.25, 0.3) is 11.1 Å². The molecular formula is C30H34FN3O4. The molecule has 2 aliphatic heterocycles. The molecule has 5 rings (SSSR count). The topological polar surface area (TPSA) is 74.9 Å². The number of amides is 1. The van der Waals surface area contributed by atoms with Crippen LogP contribution >= 0.6 is 0 Å². The van der Waals surface area contributed by atoms with E-state index < -0.39 is 0 Å². The number of benzene rings is 2. The number of piperidine rings is 1. The van der Waals surface area contributed by atoms with Gasteiger partial charge in [-0.1, -0.05) is 18.2 Å². The number of anilines is 1. The fourth-order valence-corrected chi connectivity index (χ4v) is 5.66. The van der Waals surface area contributed by atoms with Crippen molar-refractivity contribution in [3.8, 4) is 22.6 Å². The third-order valence-electron chi connectivity index (χ3n) is 7.55. The van der Waals surface area contributed by atoms with E-state index >= 15 is 0 Å². The van der Waals surface area contributed by atoms with Crippen molar-refractivity contribution in [1.82, 2.24) is 9.88 Å². The molecular weight excluding hydrogens is 485 g/mol. The van der Waals surface area contributed by atoms with Gasteiger partial charge in [-0.05, 0) is 86.7 Å². The molecule has 200 valence electrons. The van der Waals surface area contributed by atoms with Gasteiger partial charge in [-0.25, -0.2) is 4.39 Å². The standard InChI is InChI=1S/C30H34FN3O4/c1-3-37-24-16-21(17-25(38-4-2)29(24)22-8-10-23(31)11-9-22)19-33-14-12-30(13-15-33)18-28(36)34(20-30)26-6-5-7-27(35)32-26/h5-11,16-17H,3-4,12-15,18-20H2,1-2H3,(H,32,35). The van der Waals surface area contributed by atoms with Gasteiger partial charge in [0.25, 0.3) is 0 Å². The molecule has 0 unspecified atom stereocenters. The van der Waals surface area contributed by atoms with Crippen LogP contribution < -0.4 is 19.9 Å². The Morgan fingerprint density at radius 1 is 0.947 bits per heavy atom. The Kier molecular flexibility index (Phi) is 7.51. The third-order valence-corrected chi connectivity index (χ3v) is 7.55. The van der Waals surface area contributed by atoms with E-state index in [9.17, 15) is 14.0 Å². The summed E-state index contributed by atoms with van der Waals surface area (Å²) in [7, 11) is 0. The van der Waals surface area contributed by atoms with Crippen molar-refractivity contribution in [3.63, 3.8) is 0 Å². The van der Waals surface area contributed by atoms with Crippen LogP contribution in [0.2, 0.25) is 0 Å². The van der Waals surface area contributed by atoms with E-state index in [1.165, 1.54) is 18.2 Å². The molecule has 3 heterocycles. The number of carbonyl (C=O) groups is 1. The van der Waals surface area contributed by atoms with Crippen molar-refractivity contribution >= 4 is 11.7 Å². The van der Waals surface area contributed by atoms with Gasteiger partial charge in [-0.15, -0.1) is 0 Å². The first-order chi connectivity index (χ1) is 18.4. The molecule has 2 aromatic carbocycles. The number of halogens is 1. The zero-order valence-corrected chi connectivity index (χ0v) is 22.0. The maximum Gasteiger partial charge on any atom is 0.249 e. The molecule has 0 radical (unpaired) electrons. The van der Waals surface area contributed by atoms with E-state index in [1.807, 2.05) is 13.8 Å². The summed E-state index contributed by atoms with van der Waals surface area (Å²) in [6.45, 7) is 8.03. The first-order valence-electron chi connectivity index (χ1n) is 13.3. The lowest BCUT2D eigenvalue weighted by molar-refractivity contribution is -0.118. The zero-order chi connectivity index (χ0) is 26.7. The van der Waals surface area contributed by atoms with E-state index in [0.29, 0.717) is 32.0 Å². The second-order valence-electron chi connectivity index (χ2n) is 10.2. The predicted octanol–water partition coefficient (Wildman–Crippen LogP) is 5.00. The summed E-state index contributed by atoms with van der Waals surface area (Å²) in [4.78, 5) is 31.5. The SMILES string of the molecule is CCOc1cc(CN2CCC3(CC2)CC(=O)N(c2cccc(=O)[nH]2)C3)cc(OCC)c1-c1ccc(F)cc1. The molecule has 0 bridgehead atoms. The summed E-state index contributed by atoms with van der Waals surface area (Å²) in [5.74, 6) is 1.81. The Morgan fingerprint density at radius 3 is 2.21 bits per heavy atom. The summed E-state index contributed by atoms with van der Waals surface area (Å²) < 4.78 is 25.6. The van der Waals surface area contributed by atoms with E-state index in [4.69, 9.17) is 9.47 Å². The number of aromatic nitrogens is 1. The molecule has 7 nitrogen and oxygen atoms in total. The molecule has 1 spiro atoms. The average Bonchev–Trinajstić information content (AvgIpc) is 3.22. The number of H-pyrrole nitrogens is 1. The summed E-state index contributed by atoms with van der Waals surface area (Å²) in [5.41, 5.74) is 2.50. The van der Waals surface area contributed by atoms with Crippen molar-refractivity contribution in [2.75, 3.05) is 37.7 Å². The van der Waals surface area contributed by atoms with Gasteiger partial charge >= 0.3 is 0 Å². The maximum absolute atomic E-state index is 13.6. The number of rotatable bonds is 8. The van der Waals surface area contributed by atoms with Crippen LogP contribution in [-0.2, 0) is 11.3 Å². The molecule has 2 fully saturated rings. The van der Waals surface area contributed by atoms with Crippen molar-refractivity contribution in [2.24, 2.45) is 5.41 Å². The lowest BCUT2D eigenvalue weighted by atomic mass is 9.77. The molecule has 1 N–H and O–H groups in total. The molecule has 38 heavy (non-hydrogen) atoms. The molecule has 0 saturated carbocycles. The van der Waals surface area contributed by atoms with Crippen molar-refractivity contribution < 1.29 is 18.7 Å². The van der Waals surface area contributed by atoms with E-state index in [0.717, 1.165) is 60.7 Å². The highest BCUT2D eigenvalue weighted by atomic mass is 19.1. The fraction of sp³-hybridized carbons (Fsp3) is 0.400. The van der Waals surface area contributed by atoms with Gasteiger partial charge in [0.15, 0.2) is 0 Å². The Balaban J connectivity index is 1.32. The summed E-state index contributed by atoms with van der Waals surface area (Å²) in [6, 6.07) is 15.4.